The van der Waals surface area contributed by atoms with Crippen LogP contribution in [0.4, 0.5) is 0 Å². The van der Waals surface area contributed by atoms with Crippen molar-refractivity contribution in [3.05, 3.63) is 77.3 Å². The number of fused-ring (bicyclic) bond motifs is 2. The zero-order valence-electron chi connectivity index (χ0n) is 16.0. The minimum Gasteiger partial charge on any atom is -0.343 e. The van der Waals surface area contributed by atoms with Crippen molar-refractivity contribution in [2.24, 2.45) is 0 Å². The molecule has 0 bridgehead atoms. The maximum Gasteiger partial charge on any atom is 0.289 e. The van der Waals surface area contributed by atoms with E-state index in [1.54, 1.807) is 18.5 Å². The Labute approximate surface area is 176 Å². The van der Waals surface area contributed by atoms with Gasteiger partial charge in [0, 0.05) is 28.4 Å². The topological polar surface area (TPSA) is 99.3 Å². The Kier molecular flexibility index (Phi) is 4.44. The number of imidazole rings is 1. The SMILES string of the molecule is CC(NC(=O)c1nc2cc3[nH][nH]c(-c4ccncc4)c3cc2n1)c1cccc(Cl)c1. The van der Waals surface area contributed by atoms with Crippen molar-refractivity contribution >= 4 is 39.4 Å². The van der Waals surface area contributed by atoms with Crippen molar-refractivity contribution in [1.82, 2.24) is 30.5 Å². The molecule has 3 heterocycles. The van der Waals surface area contributed by atoms with E-state index in [1.807, 2.05) is 49.4 Å². The molecule has 8 heteroatoms. The quantitative estimate of drug-likeness (QED) is 0.397. The molecule has 7 nitrogen and oxygen atoms in total. The first-order chi connectivity index (χ1) is 14.6. The van der Waals surface area contributed by atoms with Gasteiger partial charge in [0.15, 0.2) is 0 Å². The lowest BCUT2D eigenvalue weighted by Crippen LogP contribution is -2.27. The largest absolute Gasteiger partial charge is 0.343 e. The molecule has 1 unspecified atom stereocenters. The highest BCUT2D eigenvalue weighted by Gasteiger charge is 2.18. The molecule has 5 aromatic rings. The van der Waals surface area contributed by atoms with Gasteiger partial charge in [0.2, 0.25) is 5.82 Å². The Morgan fingerprint density at radius 1 is 1.03 bits per heavy atom. The summed E-state index contributed by atoms with van der Waals surface area (Å²) >= 11 is 6.05. The lowest BCUT2D eigenvalue weighted by molar-refractivity contribution is 0.0930. The van der Waals surface area contributed by atoms with E-state index in [1.165, 1.54) is 0 Å². The van der Waals surface area contributed by atoms with Crippen molar-refractivity contribution < 1.29 is 4.79 Å². The molecular formula is C22H17ClN6O. The second-order valence-electron chi connectivity index (χ2n) is 7.04. The van der Waals surface area contributed by atoms with Crippen molar-refractivity contribution in [2.75, 3.05) is 0 Å². The molecule has 0 fully saturated rings. The van der Waals surface area contributed by atoms with Gasteiger partial charge < -0.3 is 10.4 Å². The van der Waals surface area contributed by atoms with E-state index in [9.17, 15) is 4.79 Å². The predicted molar refractivity (Wildman–Crippen MR) is 116 cm³/mol. The Morgan fingerprint density at radius 2 is 1.80 bits per heavy atom. The fourth-order valence-corrected chi connectivity index (χ4v) is 3.68. The standard InChI is InChI=1S/C22H17ClN6O/c1-12(14-3-2-4-15(23)9-14)25-22(30)21-26-18-10-16-17(11-19(18)27-21)28-29-20(16)13-5-7-24-8-6-13/h2-12,28-29H,1H3,(H,25,30). The molecule has 0 aliphatic heterocycles. The molecule has 30 heavy (non-hydrogen) atoms. The third-order valence-electron chi connectivity index (χ3n) is 5.03. The van der Waals surface area contributed by atoms with E-state index < -0.39 is 0 Å². The first-order valence-electron chi connectivity index (χ1n) is 9.43. The van der Waals surface area contributed by atoms with E-state index in [4.69, 9.17) is 11.6 Å². The number of aromatic amines is 2. The van der Waals surface area contributed by atoms with Crippen LogP contribution in [-0.2, 0) is 0 Å². The van der Waals surface area contributed by atoms with Gasteiger partial charge in [-0.15, -0.1) is 0 Å². The number of hydrogen-bond acceptors (Lipinski definition) is 4. The van der Waals surface area contributed by atoms with Crippen LogP contribution in [0.15, 0.2) is 60.9 Å². The van der Waals surface area contributed by atoms with Gasteiger partial charge in [0.05, 0.1) is 28.3 Å². The lowest BCUT2D eigenvalue weighted by Gasteiger charge is -2.13. The Bertz CT molecular complexity index is 1370. The van der Waals surface area contributed by atoms with Crippen LogP contribution in [0, 0.1) is 0 Å². The molecule has 1 atom stereocenters. The van der Waals surface area contributed by atoms with Gasteiger partial charge in [0.1, 0.15) is 0 Å². The molecular weight excluding hydrogens is 400 g/mol. The fraction of sp³-hybridized carbons (Fsp3) is 0.0909. The van der Waals surface area contributed by atoms with Crippen LogP contribution in [-0.4, -0.2) is 31.1 Å². The average molecular weight is 417 g/mol. The molecule has 3 aromatic heterocycles. The summed E-state index contributed by atoms with van der Waals surface area (Å²) in [6, 6.07) is 14.8. The molecule has 3 N–H and O–H groups in total. The maximum absolute atomic E-state index is 12.7. The molecule has 1 amide bonds. The highest BCUT2D eigenvalue weighted by molar-refractivity contribution is 6.30. The Balaban J connectivity index is 1.46. The molecule has 0 aliphatic carbocycles. The minimum absolute atomic E-state index is 0.140. The van der Waals surface area contributed by atoms with Crippen LogP contribution in [0.25, 0.3) is 33.2 Å². The molecule has 0 spiro atoms. The highest BCUT2D eigenvalue weighted by Crippen LogP contribution is 2.29. The third-order valence-corrected chi connectivity index (χ3v) is 5.26. The number of amides is 1. The van der Waals surface area contributed by atoms with Gasteiger partial charge in [-0.1, -0.05) is 23.7 Å². The number of rotatable bonds is 4. The summed E-state index contributed by atoms with van der Waals surface area (Å²) in [5.41, 5.74) is 5.04. The number of H-pyrrole nitrogens is 2. The van der Waals surface area contributed by atoms with E-state index in [0.29, 0.717) is 16.1 Å². The van der Waals surface area contributed by atoms with Gasteiger partial charge >= 0.3 is 0 Å². The van der Waals surface area contributed by atoms with E-state index in [2.05, 4.69) is 30.5 Å². The summed E-state index contributed by atoms with van der Waals surface area (Å²) in [7, 11) is 0. The minimum atomic E-state index is -0.330. The molecule has 0 radical (unpaired) electrons. The van der Waals surface area contributed by atoms with Crippen LogP contribution < -0.4 is 5.32 Å². The van der Waals surface area contributed by atoms with Crippen molar-refractivity contribution in [1.29, 1.82) is 0 Å². The number of nitrogens with zero attached hydrogens (tertiary/aromatic N) is 3. The van der Waals surface area contributed by atoms with E-state index in [0.717, 1.165) is 27.7 Å². The van der Waals surface area contributed by atoms with Gasteiger partial charge in [-0.3, -0.25) is 14.9 Å². The Hall–Kier alpha value is -3.71. The monoisotopic (exact) mass is 416 g/mol. The van der Waals surface area contributed by atoms with E-state index >= 15 is 0 Å². The second-order valence-corrected chi connectivity index (χ2v) is 7.48. The number of pyridine rings is 1. The number of halogens is 1. The normalized spacial score (nSPS) is 12.3. The van der Waals surface area contributed by atoms with Gasteiger partial charge in [-0.05, 0) is 48.9 Å². The second kappa shape index (κ2) is 7.27. The molecule has 0 aliphatic rings. The summed E-state index contributed by atoms with van der Waals surface area (Å²) in [6.45, 7) is 1.90. The van der Waals surface area contributed by atoms with Crippen LogP contribution in [0.5, 0.6) is 0 Å². The van der Waals surface area contributed by atoms with Gasteiger partial charge in [-0.2, -0.15) is 0 Å². The van der Waals surface area contributed by atoms with Gasteiger partial charge in [0.25, 0.3) is 5.91 Å². The van der Waals surface area contributed by atoms with Crippen LogP contribution in [0.2, 0.25) is 5.02 Å². The van der Waals surface area contributed by atoms with E-state index in [-0.39, 0.29) is 17.8 Å². The smallest absolute Gasteiger partial charge is 0.289 e. The first-order valence-corrected chi connectivity index (χ1v) is 9.81. The third kappa shape index (κ3) is 3.29. The lowest BCUT2D eigenvalue weighted by atomic mass is 10.1. The zero-order chi connectivity index (χ0) is 20.7. The molecule has 0 saturated heterocycles. The Morgan fingerprint density at radius 3 is 2.57 bits per heavy atom. The van der Waals surface area contributed by atoms with Crippen molar-refractivity contribution in [3.63, 3.8) is 0 Å². The van der Waals surface area contributed by atoms with Crippen molar-refractivity contribution in [3.8, 4) is 11.3 Å². The number of aromatic nitrogens is 5. The molecule has 5 rings (SSSR count). The summed E-state index contributed by atoms with van der Waals surface area (Å²) < 4.78 is 0. The van der Waals surface area contributed by atoms with Crippen molar-refractivity contribution in [2.45, 2.75) is 13.0 Å². The number of carbonyl (C=O) groups excluding carboxylic acids is 1. The van der Waals surface area contributed by atoms with Gasteiger partial charge in [-0.25, -0.2) is 9.97 Å². The average Bonchev–Trinajstić information content (AvgIpc) is 3.36. The summed E-state index contributed by atoms with van der Waals surface area (Å²) in [4.78, 5) is 25.6. The molecule has 148 valence electrons. The number of nitrogens with one attached hydrogen (secondary N) is 3. The summed E-state index contributed by atoms with van der Waals surface area (Å²) in [5, 5.41) is 10.9. The number of carbonyl (C=O) groups is 1. The highest BCUT2D eigenvalue weighted by atomic mass is 35.5. The number of hydrogen-bond donors (Lipinski definition) is 3. The molecule has 0 saturated carbocycles. The van der Waals surface area contributed by atoms with Crippen LogP contribution >= 0.6 is 11.6 Å². The maximum atomic E-state index is 12.7. The summed E-state index contributed by atoms with van der Waals surface area (Å²) in [5.74, 6) is -0.191. The zero-order valence-corrected chi connectivity index (χ0v) is 16.7. The number of benzene rings is 2. The first kappa shape index (κ1) is 18.3. The van der Waals surface area contributed by atoms with Crippen LogP contribution in [0.1, 0.15) is 29.1 Å². The van der Waals surface area contributed by atoms with Crippen LogP contribution in [0.3, 0.4) is 0 Å². The summed E-state index contributed by atoms with van der Waals surface area (Å²) in [6.07, 6.45) is 3.48. The molecule has 2 aromatic carbocycles. The fourth-order valence-electron chi connectivity index (χ4n) is 3.48. The predicted octanol–water partition coefficient (Wildman–Crippen LogP) is 4.65.